The van der Waals surface area contributed by atoms with E-state index in [1.165, 1.54) is 0 Å². The summed E-state index contributed by atoms with van der Waals surface area (Å²) in [4.78, 5) is 31.9. The number of hydrogen-bond donors (Lipinski definition) is 2. The van der Waals surface area contributed by atoms with Crippen LogP contribution >= 0.6 is 0 Å². The molecule has 1 aromatic rings. The molecule has 1 unspecified atom stereocenters. The van der Waals surface area contributed by atoms with E-state index in [1.54, 1.807) is 6.92 Å². The molecule has 0 aliphatic rings. The molecule has 0 radical (unpaired) electrons. The molecule has 0 saturated carbocycles. The van der Waals surface area contributed by atoms with Crippen LogP contribution in [0.4, 0.5) is 14.5 Å². The number of carboxylic acid groups (broad SMARTS) is 1. The third kappa shape index (κ3) is 3.94. The summed E-state index contributed by atoms with van der Waals surface area (Å²) in [6, 6.07) is -0.604. The van der Waals surface area contributed by atoms with Gasteiger partial charge in [0, 0.05) is 0 Å². The van der Waals surface area contributed by atoms with Crippen LogP contribution in [0.3, 0.4) is 0 Å². The molecule has 21 heavy (non-hydrogen) atoms. The zero-order valence-corrected chi connectivity index (χ0v) is 10.9. The fourth-order valence-electron chi connectivity index (χ4n) is 1.63. The standard InChI is InChI=1S/C12H12F2N2O5/c1-2-3-9(12(18)19)15-11(17)6-4-8(14)10(16(20)21)5-7(6)13/h4-5,9H,2-3H2,1H3,(H,15,17)(H,18,19). The number of carbonyl (C=O) groups is 2. The number of rotatable bonds is 6. The van der Waals surface area contributed by atoms with Crippen molar-refractivity contribution < 1.29 is 28.4 Å². The number of nitrogens with zero attached hydrogens (tertiary/aromatic N) is 1. The number of carbonyl (C=O) groups excluding carboxylic acids is 1. The molecule has 0 aromatic heterocycles. The smallest absolute Gasteiger partial charge is 0.326 e. The van der Waals surface area contributed by atoms with Gasteiger partial charge in [0.2, 0.25) is 5.82 Å². The number of halogens is 2. The van der Waals surface area contributed by atoms with E-state index in [-0.39, 0.29) is 12.5 Å². The van der Waals surface area contributed by atoms with Crippen LogP contribution in [0.25, 0.3) is 0 Å². The zero-order chi connectivity index (χ0) is 16.2. The minimum Gasteiger partial charge on any atom is -0.480 e. The lowest BCUT2D eigenvalue weighted by Crippen LogP contribution is -2.41. The van der Waals surface area contributed by atoms with Crippen LogP contribution < -0.4 is 5.32 Å². The second-order valence-corrected chi connectivity index (χ2v) is 4.19. The van der Waals surface area contributed by atoms with Crippen LogP contribution in [0.1, 0.15) is 30.1 Å². The molecule has 1 rings (SSSR count). The molecule has 0 fully saturated rings. The molecule has 0 saturated heterocycles. The molecule has 1 atom stereocenters. The van der Waals surface area contributed by atoms with E-state index in [2.05, 4.69) is 0 Å². The molecule has 0 spiro atoms. The Morgan fingerprint density at radius 3 is 2.48 bits per heavy atom. The first-order valence-corrected chi connectivity index (χ1v) is 5.95. The van der Waals surface area contributed by atoms with Crippen molar-refractivity contribution in [2.75, 3.05) is 0 Å². The highest BCUT2D eigenvalue weighted by Crippen LogP contribution is 2.21. The fraction of sp³-hybridized carbons (Fsp3) is 0.333. The molecule has 7 nitrogen and oxygen atoms in total. The van der Waals surface area contributed by atoms with Gasteiger partial charge in [-0.25, -0.2) is 9.18 Å². The highest BCUT2D eigenvalue weighted by molar-refractivity contribution is 5.97. The SMILES string of the molecule is CCCC(NC(=O)c1cc(F)c([N+](=O)[O-])cc1F)C(=O)O. The topological polar surface area (TPSA) is 110 Å². The number of aliphatic carboxylic acids is 1. The Bertz CT molecular complexity index is 591. The summed E-state index contributed by atoms with van der Waals surface area (Å²) < 4.78 is 27.0. The van der Waals surface area contributed by atoms with Crippen molar-refractivity contribution in [1.82, 2.24) is 5.32 Å². The summed E-state index contributed by atoms with van der Waals surface area (Å²) >= 11 is 0. The third-order valence-electron chi connectivity index (χ3n) is 2.66. The largest absolute Gasteiger partial charge is 0.480 e. The second kappa shape index (κ2) is 6.73. The molecule has 1 aromatic carbocycles. The van der Waals surface area contributed by atoms with Gasteiger partial charge in [-0.05, 0) is 12.5 Å². The first-order chi connectivity index (χ1) is 9.77. The molecule has 114 valence electrons. The van der Waals surface area contributed by atoms with Crippen molar-refractivity contribution in [2.45, 2.75) is 25.8 Å². The summed E-state index contributed by atoms with van der Waals surface area (Å²) in [6.45, 7) is 1.69. The Hall–Kier alpha value is -2.58. The molecule has 0 heterocycles. The Morgan fingerprint density at radius 2 is 2.00 bits per heavy atom. The minimum atomic E-state index is -1.38. The lowest BCUT2D eigenvalue weighted by molar-refractivity contribution is -0.387. The number of hydrogen-bond acceptors (Lipinski definition) is 4. The van der Waals surface area contributed by atoms with Crippen molar-refractivity contribution in [1.29, 1.82) is 0 Å². The summed E-state index contributed by atoms with van der Waals surface area (Å²) in [5, 5.41) is 21.3. The van der Waals surface area contributed by atoms with Crippen LogP contribution in [0, 0.1) is 21.7 Å². The van der Waals surface area contributed by atoms with Crippen LogP contribution in [0.5, 0.6) is 0 Å². The lowest BCUT2D eigenvalue weighted by atomic mass is 10.1. The van der Waals surface area contributed by atoms with Crippen LogP contribution in [-0.2, 0) is 4.79 Å². The van der Waals surface area contributed by atoms with Crippen LogP contribution in [0.2, 0.25) is 0 Å². The van der Waals surface area contributed by atoms with Crippen LogP contribution in [-0.4, -0.2) is 27.9 Å². The predicted molar refractivity (Wildman–Crippen MR) is 66.8 cm³/mol. The van der Waals surface area contributed by atoms with Crippen LogP contribution in [0.15, 0.2) is 12.1 Å². The number of benzene rings is 1. The van der Waals surface area contributed by atoms with Gasteiger partial charge in [-0.2, -0.15) is 4.39 Å². The third-order valence-corrected chi connectivity index (χ3v) is 2.66. The molecule has 0 bridgehead atoms. The number of carboxylic acids is 1. The van der Waals surface area contributed by atoms with Crippen molar-refractivity contribution in [3.8, 4) is 0 Å². The molecule has 9 heteroatoms. The maximum absolute atomic E-state index is 13.6. The lowest BCUT2D eigenvalue weighted by Gasteiger charge is -2.13. The summed E-state index contributed by atoms with van der Waals surface area (Å²) in [5.41, 5.74) is -1.90. The highest BCUT2D eigenvalue weighted by atomic mass is 19.1. The van der Waals surface area contributed by atoms with E-state index in [4.69, 9.17) is 5.11 Å². The average molecular weight is 302 g/mol. The molecule has 0 aliphatic carbocycles. The summed E-state index contributed by atoms with van der Waals surface area (Å²) in [6.07, 6.45) is 0.562. The van der Waals surface area contributed by atoms with Gasteiger partial charge in [-0.1, -0.05) is 13.3 Å². The number of nitro benzene ring substituents is 1. The highest BCUT2D eigenvalue weighted by Gasteiger charge is 2.25. The van der Waals surface area contributed by atoms with Gasteiger partial charge in [-0.15, -0.1) is 0 Å². The zero-order valence-electron chi connectivity index (χ0n) is 10.9. The first kappa shape index (κ1) is 16.5. The number of nitrogens with one attached hydrogen (secondary N) is 1. The molecule has 2 N–H and O–H groups in total. The fourth-order valence-corrected chi connectivity index (χ4v) is 1.63. The molecule has 0 aliphatic heterocycles. The first-order valence-electron chi connectivity index (χ1n) is 5.95. The molecular weight excluding hydrogens is 290 g/mol. The Kier molecular flexibility index (Phi) is 5.28. The monoisotopic (exact) mass is 302 g/mol. The van der Waals surface area contributed by atoms with E-state index >= 15 is 0 Å². The normalized spacial score (nSPS) is 11.8. The van der Waals surface area contributed by atoms with E-state index in [0.29, 0.717) is 12.5 Å². The maximum atomic E-state index is 13.6. The van der Waals surface area contributed by atoms with Gasteiger partial charge in [0.05, 0.1) is 16.6 Å². The maximum Gasteiger partial charge on any atom is 0.326 e. The van der Waals surface area contributed by atoms with E-state index in [1.807, 2.05) is 5.32 Å². The van der Waals surface area contributed by atoms with Crippen molar-refractivity contribution in [3.05, 3.63) is 39.4 Å². The quantitative estimate of drug-likeness (QED) is 0.615. The second-order valence-electron chi connectivity index (χ2n) is 4.19. The Morgan fingerprint density at radius 1 is 1.38 bits per heavy atom. The van der Waals surface area contributed by atoms with Gasteiger partial charge in [0.1, 0.15) is 11.9 Å². The molecule has 1 amide bonds. The van der Waals surface area contributed by atoms with Crippen molar-refractivity contribution in [3.63, 3.8) is 0 Å². The summed E-state index contributed by atoms with van der Waals surface area (Å²) in [7, 11) is 0. The van der Waals surface area contributed by atoms with Gasteiger partial charge < -0.3 is 10.4 Å². The minimum absolute atomic E-state index is 0.109. The molecular formula is C12H12F2N2O5. The van der Waals surface area contributed by atoms with E-state index < -0.39 is 45.7 Å². The van der Waals surface area contributed by atoms with Gasteiger partial charge in [0.25, 0.3) is 5.91 Å². The Labute approximate surface area is 117 Å². The number of amides is 1. The summed E-state index contributed by atoms with van der Waals surface area (Å²) in [5.74, 6) is -5.15. The average Bonchev–Trinajstić information content (AvgIpc) is 2.39. The Balaban J connectivity index is 3.05. The van der Waals surface area contributed by atoms with E-state index in [0.717, 1.165) is 0 Å². The van der Waals surface area contributed by atoms with Gasteiger partial charge >= 0.3 is 11.7 Å². The van der Waals surface area contributed by atoms with Crippen molar-refractivity contribution in [2.24, 2.45) is 0 Å². The van der Waals surface area contributed by atoms with Gasteiger partial charge in [0.15, 0.2) is 0 Å². The predicted octanol–water partition coefficient (Wildman–Crippen LogP) is 1.86. The van der Waals surface area contributed by atoms with Crippen molar-refractivity contribution >= 4 is 17.6 Å². The number of nitro groups is 1. The van der Waals surface area contributed by atoms with E-state index in [9.17, 15) is 28.5 Å². The van der Waals surface area contributed by atoms with Gasteiger partial charge in [-0.3, -0.25) is 14.9 Å².